The van der Waals surface area contributed by atoms with E-state index in [1.54, 1.807) is 6.08 Å². The second-order valence-electron chi connectivity index (χ2n) is 7.67. The summed E-state index contributed by atoms with van der Waals surface area (Å²) in [5.74, 6) is 0.157. The first kappa shape index (κ1) is 20.8. The molecule has 29 heavy (non-hydrogen) atoms. The molecule has 3 heteroatoms. The second-order valence-corrected chi connectivity index (χ2v) is 7.67. The summed E-state index contributed by atoms with van der Waals surface area (Å²) in [6.45, 7) is 4.27. The minimum absolute atomic E-state index is 0.0304. The third kappa shape index (κ3) is 4.92. The molecule has 3 nitrogen and oxygen atoms in total. The summed E-state index contributed by atoms with van der Waals surface area (Å²) in [5, 5.41) is 0. The number of allylic oxidation sites excluding steroid dienone is 10. The Kier molecular flexibility index (Phi) is 6.82. The molecule has 1 aromatic carbocycles. The lowest BCUT2D eigenvalue weighted by Crippen LogP contribution is -2.12. The molecule has 0 saturated heterocycles. The van der Waals surface area contributed by atoms with Crippen LogP contribution in [-0.2, 0) is 9.59 Å². The van der Waals surface area contributed by atoms with Crippen LogP contribution in [-0.4, -0.2) is 11.6 Å². The SMILES string of the molecule is CCCCC1=CC(=C2C=CC(=O)C(c3cccc(N)c3)=C2)C=C(CCCC)C1=O. The van der Waals surface area contributed by atoms with E-state index in [0.717, 1.165) is 66.4 Å². The minimum Gasteiger partial charge on any atom is -0.399 e. The summed E-state index contributed by atoms with van der Waals surface area (Å²) in [6, 6.07) is 7.39. The Hall–Kier alpha value is -2.94. The maximum Gasteiger partial charge on any atom is 0.186 e. The fourth-order valence-corrected chi connectivity index (χ4v) is 3.67. The summed E-state index contributed by atoms with van der Waals surface area (Å²) < 4.78 is 0. The van der Waals surface area contributed by atoms with Crippen molar-refractivity contribution in [2.24, 2.45) is 0 Å². The normalized spacial score (nSPS) is 16.7. The molecule has 0 aliphatic heterocycles. The van der Waals surface area contributed by atoms with E-state index < -0.39 is 0 Å². The van der Waals surface area contributed by atoms with Crippen LogP contribution in [0.15, 0.2) is 76.9 Å². The first-order valence-electron chi connectivity index (χ1n) is 10.5. The van der Waals surface area contributed by atoms with Gasteiger partial charge in [0, 0.05) is 22.4 Å². The van der Waals surface area contributed by atoms with Crippen LogP contribution in [0.1, 0.15) is 57.9 Å². The van der Waals surface area contributed by atoms with Crippen molar-refractivity contribution in [2.45, 2.75) is 52.4 Å². The number of hydrogen-bond donors (Lipinski definition) is 1. The Labute approximate surface area is 173 Å². The predicted molar refractivity (Wildman–Crippen MR) is 120 cm³/mol. The van der Waals surface area contributed by atoms with E-state index in [2.05, 4.69) is 13.8 Å². The second kappa shape index (κ2) is 9.51. The minimum atomic E-state index is -0.0304. The zero-order valence-electron chi connectivity index (χ0n) is 17.3. The van der Waals surface area contributed by atoms with Crippen LogP contribution in [0.4, 0.5) is 5.69 Å². The van der Waals surface area contributed by atoms with Crippen molar-refractivity contribution in [1.29, 1.82) is 0 Å². The highest BCUT2D eigenvalue weighted by molar-refractivity contribution is 6.28. The number of hydrogen-bond acceptors (Lipinski definition) is 3. The Morgan fingerprint density at radius 3 is 2.07 bits per heavy atom. The number of benzene rings is 1. The van der Waals surface area contributed by atoms with Gasteiger partial charge in [-0.05, 0) is 78.8 Å². The largest absolute Gasteiger partial charge is 0.399 e. The fourth-order valence-electron chi connectivity index (χ4n) is 3.67. The standard InChI is InChI=1S/C26H29NO2/c1-3-5-8-20-14-22(15-21(26(20)29)9-6-4-2)18-12-13-25(28)24(17-18)19-10-7-11-23(27)16-19/h7,10-17H,3-6,8-9,27H2,1-2H3. The van der Waals surface area contributed by atoms with Gasteiger partial charge in [-0.3, -0.25) is 9.59 Å². The van der Waals surface area contributed by atoms with Gasteiger partial charge in [0.2, 0.25) is 0 Å². The number of ketones is 2. The molecule has 1 aromatic rings. The van der Waals surface area contributed by atoms with Gasteiger partial charge in [0.1, 0.15) is 0 Å². The number of anilines is 1. The third-order valence-corrected chi connectivity index (χ3v) is 5.35. The van der Waals surface area contributed by atoms with Gasteiger partial charge in [0.15, 0.2) is 11.6 Å². The molecule has 0 radical (unpaired) electrons. The predicted octanol–water partition coefficient (Wildman–Crippen LogP) is 5.90. The van der Waals surface area contributed by atoms with E-state index in [1.807, 2.05) is 48.6 Å². The number of unbranched alkanes of at least 4 members (excludes halogenated alkanes) is 2. The summed E-state index contributed by atoms with van der Waals surface area (Å²) >= 11 is 0. The van der Waals surface area contributed by atoms with E-state index in [9.17, 15) is 9.59 Å². The zero-order valence-corrected chi connectivity index (χ0v) is 17.3. The number of Topliss-reactive ketones (excluding diaryl/α,β-unsaturated/α-hetero) is 1. The lowest BCUT2D eigenvalue weighted by Gasteiger charge is -2.18. The van der Waals surface area contributed by atoms with Gasteiger partial charge in [-0.25, -0.2) is 0 Å². The van der Waals surface area contributed by atoms with Gasteiger partial charge in [-0.15, -0.1) is 0 Å². The first-order valence-corrected chi connectivity index (χ1v) is 10.5. The average Bonchev–Trinajstić information content (AvgIpc) is 2.72. The lowest BCUT2D eigenvalue weighted by atomic mass is 9.85. The number of carbonyl (C=O) groups excluding carboxylic acids is 2. The fraction of sp³-hybridized carbons (Fsp3) is 0.308. The van der Waals surface area contributed by atoms with Crippen molar-refractivity contribution >= 4 is 22.8 Å². The van der Waals surface area contributed by atoms with Gasteiger partial charge < -0.3 is 5.73 Å². The molecule has 0 amide bonds. The van der Waals surface area contributed by atoms with E-state index in [0.29, 0.717) is 11.3 Å². The molecule has 0 fully saturated rings. The average molecular weight is 388 g/mol. The maximum absolute atomic E-state index is 12.9. The summed E-state index contributed by atoms with van der Waals surface area (Å²) in [5.41, 5.74) is 11.7. The Bertz CT molecular complexity index is 940. The van der Waals surface area contributed by atoms with Gasteiger partial charge in [0.25, 0.3) is 0 Å². The molecule has 0 bridgehead atoms. The highest BCUT2D eigenvalue weighted by atomic mass is 16.1. The maximum atomic E-state index is 12.9. The van der Waals surface area contributed by atoms with Crippen molar-refractivity contribution in [3.63, 3.8) is 0 Å². The Morgan fingerprint density at radius 1 is 0.828 bits per heavy atom. The Morgan fingerprint density at radius 2 is 1.48 bits per heavy atom. The van der Waals surface area contributed by atoms with Crippen LogP contribution in [0.5, 0.6) is 0 Å². The molecule has 150 valence electrons. The van der Waals surface area contributed by atoms with Crippen molar-refractivity contribution < 1.29 is 9.59 Å². The van der Waals surface area contributed by atoms with Crippen LogP contribution >= 0.6 is 0 Å². The molecule has 0 unspecified atom stereocenters. The molecule has 0 saturated carbocycles. The summed E-state index contributed by atoms with van der Waals surface area (Å²) in [7, 11) is 0. The molecule has 2 aliphatic rings. The quantitative estimate of drug-likeness (QED) is 0.592. The highest BCUT2D eigenvalue weighted by Gasteiger charge is 2.22. The van der Waals surface area contributed by atoms with Gasteiger partial charge in [-0.1, -0.05) is 44.9 Å². The molecule has 0 heterocycles. The number of nitrogens with two attached hydrogens (primary N) is 1. The summed E-state index contributed by atoms with van der Waals surface area (Å²) in [4.78, 5) is 25.4. The molecule has 0 atom stereocenters. The molecule has 2 aliphatic carbocycles. The van der Waals surface area contributed by atoms with Gasteiger partial charge in [0.05, 0.1) is 0 Å². The molecular formula is C26H29NO2. The van der Waals surface area contributed by atoms with Crippen LogP contribution in [0.3, 0.4) is 0 Å². The smallest absolute Gasteiger partial charge is 0.186 e. The zero-order chi connectivity index (χ0) is 20.8. The van der Waals surface area contributed by atoms with E-state index in [4.69, 9.17) is 5.73 Å². The molecule has 0 spiro atoms. The lowest BCUT2D eigenvalue weighted by molar-refractivity contribution is -0.112. The van der Waals surface area contributed by atoms with Crippen LogP contribution in [0.25, 0.3) is 5.57 Å². The topological polar surface area (TPSA) is 60.2 Å². The van der Waals surface area contributed by atoms with Crippen LogP contribution in [0, 0.1) is 0 Å². The molecule has 2 N–H and O–H groups in total. The van der Waals surface area contributed by atoms with E-state index in [-0.39, 0.29) is 11.6 Å². The number of rotatable bonds is 7. The third-order valence-electron chi connectivity index (χ3n) is 5.35. The van der Waals surface area contributed by atoms with Crippen molar-refractivity contribution in [1.82, 2.24) is 0 Å². The highest BCUT2D eigenvalue weighted by Crippen LogP contribution is 2.31. The van der Waals surface area contributed by atoms with E-state index in [1.165, 1.54) is 0 Å². The van der Waals surface area contributed by atoms with Gasteiger partial charge >= 0.3 is 0 Å². The van der Waals surface area contributed by atoms with Crippen LogP contribution < -0.4 is 5.73 Å². The molecular weight excluding hydrogens is 358 g/mol. The monoisotopic (exact) mass is 387 g/mol. The van der Waals surface area contributed by atoms with Crippen molar-refractivity contribution in [3.05, 3.63) is 82.5 Å². The van der Waals surface area contributed by atoms with Crippen molar-refractivity contribution in [2.75, 3.05) is 5.73 Å². The molecule has 0 aromatic heterocycles. The molecule has 3 rings (SSSR count). The summed E-state index contributed by atoms with van der Waals surface area (Å²) in [6.07, 6.45) is 15.1. The Balaban J connectivity index is 2.06. The van der Waals surface area contributed by atoms with Crippen molar-refractivity contribution in [3.8, 4) is 0 Å². The number of nitrogen functional groups attached to an aromatic ring is 1. The van der Waals surface area contributed by atoms with E-state index >= 15 is 0 Å². The van der Waals surface area contributed by atoms with Gasteiger partial charge in [-0.2, -0.15) is 0 Å². The first-order chi connectivity index (χ1) is 14.0. The number of carbonyl (C=O) groups is 2. The van der Waals surface area contributed by atoms with Crippen LogP contribution in [0.2, 0.25) is 0 Å².